The highest BCUT2D eigenvalue weighted by Crippen LogP contribution is 2.29. The molecule has 1 aromatic heterocycles. The molecule has 1 N–H and O–H groups in total. The molecule has 1 unspecified atom stereocenters. The van der Waals surface area contributed by atoms with Gasteiger partial charge in [-0.2, -0.15) is 5.10 Å². The Bertz CT molecular complexity index is 706. The maximum Gasteiger partial charge on any atom is 0.410 e. The molecule has 1 aromatic rings. The van der Waals surface area contributed by atoms with Gasteiger partial charge in [0.25, 0.3) is 5.91 Å². The normalized spacial score (nSPS) is 23.8. The van der Waals surface area contributed by atoms with Crippen LogP contribution in [-0.4, -0.2) is 68.0 Å². The summed E-state index contributed by atoms with van der Waals surface area (Å²) in [6.07, 6.45) is -0.488. The fourth-order valence-electron chi connectivity index (χ4n) is 3.37. The van der Waals surface area contributed by atoms with E-state index in [4.69, 9.17) is 4.74 Å². The molecule has 3 rings (SSSR count). The number of fused-ring (bicyclic) bond motifs is 3. The van der Waals surface area contributed by atoms with Crippen molar-refractivity contribution in [2.45, 2.75) is 65.0 Å². The third-order valence-corrected chi connectivity index (χ3v) is 4.53. The number of nitrogens with zero attached hydrogens (tertiary/aromatic N) is 4. The number of aliphatic hydroxyl groups is 1. The molecule has 2 aliphatic rings. The molecule has 0 bridgehead atoms. The standard InChI is InChI=1S/C17H26N4O4/c1-10-6-13-12(9-20(10)16(24)25-17(2,3)4)14-15(23)19(5)7-11(22)8-21(14)18-13/h10-11,22H,6-9H2,1-5H3/t10-,11?/m1/s1. The molecule has 138 valence electrons. The first-order chi connectivity index (χ1) is 11.6. The van der Waals surface area contributed by atoms with Crippen LogP contribution in [0.5, 0.6) is 0 Å². The highest BCUT2D eigenvalue weighted by molar-refractivity contribution is 5.94. The van der Waals surface area contributed by atoms with Crippen molar-refractivity contribution in [2.24, 2.45) is 0 Å². The summed E-state index contributed by atoms with van der Waals surface area (Å²) in [5.41, 5.74) is 1.47. The Morgan fingerprint density at radius 3 is 2.64 bits per heavy atom. The van der Waals surface area contributed by atoms with Gasteiger partial charge in [0, 0.05) is 31.6 Å². The second-order valence-corrected chi connectivity index (χ2v) is 7.96. The summed E-state index contributed by atoms with van der Waals surface area (Å²) in [5, 5.41) is 14.6. The van der Waals surface area contributed by atoms with Crippen LogP contribution in [0.3, 0.4) is 0 Å². The molecule has 0 saturated carbocycles. The molecule has 2 amide bonds. The SMILES string of the molecule is C[C@@H]1Cc2nn3c(c2CN1C(=O)OC(C)(C)C)C(=O)N(C)CC(O)C3. The van der Waals surface area contributed by atoms with Crippen molar-refractivity contribution in [1.82, 2.24) is 19.6 Å². The Hall–Kier alpha value is -2.09. The van der Waals surface area contributed by atoms with E-state index in [-0.39, 0.29) is 37.7 Å². The maximum atomic E-state index is 12.7. The van der Waals surface area contributed by atoms with Crippen LogP contribution in [0.1, 0.15) is 49.4 Å². The summed E-state index contributed by atoms with van der Waals surface area (Å²) in [4.78, 5) is 28.4. The van der Waals surface area contributed by atoms with E-state index in [0.29, 0.717) is 12.1 Å². The van der Waals surface area contributed by atoms with Gasteiger partial charge in [0.05, 0.1) is 24.9 Å². The van der Waals surface area contributed by atoms with Crippen LogP contribution in [0.2, 0.25) is 0 Å². The Morgan fingerprint density at radius 1 is 1.32 bits per heavy atom. The molecule has 0 spiro atoms. The first-order valence-electron chi connectivity index (χ1n) is 8.58. The molecule has 2 aliphatic heterocycles. The van der Waals surface area contributed by atoms with Gasteiger partial charge in [0.15, 0.2) is 0 Å². The largest absolute Gasteiger partial charge is 0.444 e. The third kappa shape index (κ3) is 3.35. The fraction of sp³-hybridized carbons (Fsp3) is 0.706. The van der Waals surface area contributed by atoms with Gasteiger partial charge in [-0.3, -0.25) is 9.48 Å². The fourth-order valence-corrected chi connectivity index (χ4v) is 3.37. The first-order valence-corrected chi connectivity index (χ1v) is 8.58. The van der Waals surface area contributed by atoms with E-state index >= 15 is 0 Å². The number of aliphatic hydroxyl groups excluding tert-OH is 1. The van der Waals surface area contributed by atoms with Gasteiger partial charge in [0.2, 0.25) is 0 Å². The Balaban J connectivity index is 1.95. The number of hydrogen-bond donors (Lipinski definition) is 1. The van der Waals surface area contributed by atoms with Crippen LogP contribution in [0.15, 0.2) is 0 Å². The number of amides is 2. The number of likely N-dealkylation sites (N-methyl/N-ethyl adjacent to an activating group) is 1. The summed E-state index contributed by atoms with van der Waals surface area (Å²) in [6, 6.07) is -0.0701. The lowest BCUT2D eigenvalue weighted by Gasteiger charge is -2.34. The van der Waals surface area contributed by atoms with Gasteiger partial charge >= 0.3 is 6.09 Å². The Labute approximate surface area is 147 Å². The number of carbonyl (C=O) groups excluding carboxylic acids is 2. The van der Waals surface area contributed by atoms with E-state index in [9.17, 15) is 14.7 Å². The molecular formula is C17H26N4O4. The van der Waals surface area contributed by atoms with Gasteiger partial charge in [-0.05, 0) is 27.7 Å². The van der Waals surface area contributed by atoms with Gasteiger partial charge < -0.3 is 19.6 Å². The highest BCUT2D eigenvalue weighted by Gasteiger charge is 2.37. The van der Waals surface area contributed by atoms with Crippen molar-refractivity contribution in [3.63, 3.8) is 0 Å². The zero-order valence-corrected chi connectivity index (χ0v) is 15.4. The molecule has 2 atom stereocenters. The monoisotopic (exact) mass is 350 g/mol. The molecule has 0 fully saturated rings. The van der Waals surface area contributed by atoms with Crippen molar-refractivity contribution >= 4 is 12.0 Å². The zero-order valence-electron chi connectivity index (χ0n) is 15.4. The molecule has 8 nitrogen and oxygen atoms in total. The minimum Gasteiger partial charge on any atom is -0.444 e. The van der Waals surface area contributed by atoms with Gasteiger partial charge in [-0.15, -0.1) is 0 Å². The molecule has 8 heteroatoms. The van der Waals surface area contributed by atoms with E-state index in [0.717, 1.165) is 11.3 Å². The smallest absolute Gasteiger partial charge is 0.410 e. The second-order valence-electron chi connectivity index (χ2n) is 7.96. The summed E-state index contributed by atoms with van der Waals surface area (Å²) < 4.78 is 7.09. The minimum absolute atomic E-state index is 0.0701. The zero-order chi connectivity index (χ0) is 18.5. The van der Waals surface area contributed by atoms with Gasteiger partial charge in [0.1, 0.15) is 11.3 Å². The van der Waals surface area contributed by atoms with E-state index in [1.54, 1.807) is 16.6 Å². The minimum atomic E-state index is -0.657. The number of aromatic nitrogens is 2. The molecule has 0 aliphatic carbocycles. The van der Waals surface area contributed by atoms with Crippen LogP contribution >= 0.6 is 0 Å². The maximum absolute atomic E-state index is 12.7. The predicted octanol–water partition coefficient (Wildman–Crippen LogP) is 1.01. The summed E-state index contributed by atoms with van der Waals surface area (Å²) in [5.74, 6) is -0.177. The Morgan fingerprint density at radius 2 is 2.00 bits per heavy atom. The lowest BCUT2D eigenvalue weighted by molar-refractivity contribution is 0.0136. The lowest BCUT2D eigenvalue weighted by Crippen LogP contribution is -2.45. The summed E-state index contributed by atoms with van der Waals surface area (Å²) in [6.45, 7) is 8.27. The number of rotatable bonds is 0. The quantitative estimate of drug-likeness (QED) is 0.754. The van der Waals surface area contributed by atoms with Crippen molar-refractivity contribution in [1.29, 1.82) is 0 Å². The number of β-amino-alcohol motifs (C(OH)–C–C–N with tert-alkyl or cyclic N) is 1. The first kappa shape index (κ1) is 17.7. The average Bonchev–Trinajstić information content (AvgIpc) is 2.74. The molecule has 0 radical (unpaired) electrons. The topological polar surface area (TPSA) is 87.9 Å². The summed E-state index contributed by atoms with van der Waals surface area (Å²) >= 11 is 0. The molecular weight excluding hydrogens is 324 g/mol. The van der Waals surface area contributed by atoms with E-state index < -0.39 is 11.7 Å². The molecule has 0 saturated heterocycles. The number of ether oxygens (including phenoxy) is 1. The van der Waals surface area contributed by atoms with Gasteiger partial charge in [-0.1, -0.05) is 0 Å². The van der Waals surface area contributed by atoms with E-state index in [2.05, 4.69) is 5.10 Å². The average molecular weight is 350 g/mol. The van der Waals surface area contributed by atoms with Crippen molar-refractivity contribution in [3.05, 3.63) is 17.0 Å². The van der Waals surface area contributed by atoms with E-state index in [1.165, 1.54) is 4.90 Å². The van der Waals surface area contributed by atoms with Crippen molar-refractivity contribution in [3.8, 4) is 0 Å². The van der Waals surface area contributed by atoms with Crippen LogP contribution in [0.4, 0.5) is 4.79 Å². The lowest BCUT2D eigenvalue weighted by atomic mass is 9.99. The highest BCUT2D eigenvalue weighted by atomic mass is 16.6. The molecule has 3 heterocycles. The molecule has 0 aromatic carbocycles. The predicted molar refractivity (Wildman–Crippen MR) is 90.1 cm³/mol. The van der Waals surface area contributed by atoms with Crippen LogP contribution in [-0.2, 0) is 24.2 Å². The Kier molecular flexibility index (Phi) is 4.26. The van der Waals surface area contributed by atoms with Crippen molar-refractivity contribution < 1.29 is 19.4 Å². The van der Waals surface area contributed by atoms with Crippen molar-refractivity contribution in [2.75, 3.05) is 13.6 Å². The second kappa shape index (κ2) is 6.01. The summed E-state index contributed by atoms with van der Waals surface area (Å²) in [7, 11) is 1.66. The number of carbonyl (C=O) groups is 2. The number of hydrogen-bond acceptors (Lipinski definition) is 5. The van der Waals surface area contributed by atoms with Crippen LogP contribution < -0.4 is 0 Å². The molecule has 25 heavy (non-hydrogen) atoms. The third-order valence-electron chi connectivity index (χ3n) is 4.53. The van der Waals surface area contributed by atoms with Gasteiger partial charge in [-0.25, -0.2) is 4.79 Å². The van der Waals surface area contributed by atoms with E-state index in [1.807, 2.05) is 27.7 Å². The van der Waals surface area contributed by atoms with Crippen LogP contribution in [0, 0.1) is 0 Å². The van der Waals surface area contributed by atoms with Crippen LogP contribution in [0.25, 0.3) is 0 Å².